The van der Waals surface area contributed by atoms with Crippen molar-refractivity contribution in [3.05, 3.63) is 17.8 Å². The molecule has 1 aromatic heterocycles. The topological polar surface area (TPSA) is 84.1 Å². The molecule has 2 rings (SSSR count). The van der Waals surface area contributed by atoms with Gasteiger partial charge in [-0.15, -0.1) is 5.10 Å². The highest BCUT2D eigenvalue weighted by molar-refractivity contribution is 7.80. The van der Waals surface area contributed by atoms with Crippen LogP contribution in [-0.2, 0) is 4.79 Å². The van der Waals surface area contributed by atoms with Crippen molar-refractivity contribution in [2.24, 2.45) is 5.73 Å². The molecule has 1 fully saturated rings. The molecule has 1 aromatic rings. The van der Waals surface area contributed by atoms with Crippen molar-refractivity contribution < 1.29 is 4.79 Å². The molecular weight excluding hydrogens is 250 g/mol. The highest BCUT2D eigenvalue weighted by Gasteiger charge is 2.26. The molecule has 0 aromatic carbocycles. The molecule has 0 spiro atoms. The minimum Gasteiger partial charge on any atom is -0.389 e. The fraction of sp³-hybridized carbons (Fsp3) is 0.455. The van der Waals surface area contributed by atoms with E-state index in [0.717, 1.165) is 18.5 Å². The lowest BCUT2D eigenvalue weighted by Gasteiger charge is -2.19. The zero-order chi connectivity index (χ0) is 13.1. The summed E-state index contributed by atoms with van der Waals surface area (Å²) >= 11 is 5.00. The summed E-state index contributed by atoms with van der Waals surface area (Å²) in [7, 11) is 0. The van der Waals surface area contributed by atoms with E-state index in [4.69, 9.17) is 18.0 Å². The number of nitrogens with two attached hydrogens (primary N) is 1. The SMILES string of the molecule is CC(=O)NC1CCN(c2nnccc2C(N)=S)C1. The van der Waals surface area contributed by atoms with Crippen LogP contribution in [0, 0.1) is 0 Å². The molecule has 0 bridgehead atoms. The smallest absolute Gasteiger partial charge is 0.217 e. The Labute approximate surface area is 111 Å². The Morgan fingerprint density at radius 1 is 1.67 bits per heavy atom. The van der Waals surface area contributed by atoms with Crippen LogP contribution in [0.4, 0.5) is 5.82 Å². The van der Waals surface area contributed by atoms with Crippen molar-refractivity contribution in [3.8, 4) is 0 Å². The summed E-state index contributed by atoms with van der Waals surface area (Å²) in [5.74, 6) is 0.674. The normalized spacial score (nSPS) is 18.7. The predicted molar refractivity (Wildman–Crippen MR) is 72.4 cm³/mol. The van der Waals surface area contributed by atoms with E-state index in [-0.39, 0.29) is 11.9 Å². The van der Waals surface area contributed by atoms with Gasteiger partial charge in [0, 0.05) is 26.1 Å². The molecule has 1 amide bonds. The second kappa shape index (κ2) is 5.26. The summed E-state index contributed by atoms with van der Waals surface area (Å²) in [6, 6.07) is 1.90. The molecule has 18 heavy (non-hydrogen) atoms. The maximum Gasteiger partial charge on any atom is 0.217 e. The summed E-state index contributed by atoms with van der Waals surface area (Å²) in [6.07, 6.45) is 2.45. The van der Waals surface area contributed by atoms with E-state index in [1.807, 2.05) is 4.90 Å². The fourth-order valence-electron chi connectivity index (χ4n) is 2.11. The van der Waals surface area contributed by atoms with E-state index in [1.165, 1.54) is 6.92 Å². The summed E-state index contributed by atoms with van der Waals surface area (Å²) in [5, 5.41) is 10.9. The van der Waals surface area contributed by atoms with Gasteiger partial charge in [0.25, 0.3) is 0 Å². The minimum atomic E-state index is -0.0180. The van der Waals surface area contributed by atoms with E-state index in [0.29, 0.717) is 17.4 Å². The molecule has 7 heteroatoms. The average molecular weight is 265 g/mol. The Hall–Kier alpha value is -1.76. The van der Waals surface area contributed by atoms with Gasteiger partial charge >= 0.3 is 0 Å². The van der Waals surface area contributed by atoms with Crippen LogP contribution >= 0.6 is 12.2 Å². The lowest BCUT2D eigenvalue weighted by Crippen LogP contribution is -2.36. The summed E-state index contributed by atoms with van der Waals surface area (Å²) in [4.78, 5) is 13.4. The third kappa shape index (κ3) is 2.73. The van der Waals surface area contributed by atoms with Gasteiger partial charge in [0.05, 0.1) is 11.8 Å². The van der Waals surface area contributed by atoms with Crippen molar-refractivity contribution in [1.82, 2.24) is 15.5 Å². The van der Waals surface area contributed by atoms with E-state index < -0.39 is 0 Å². The summed E-state index contributed by atoms with van der Waals surface area (Å²) < 4.78 is 0. The van der Waals surface area contributed by atoms with E-state index in [1.54, 1.807) is 12.3 Å². The Bertz CT molecular complexity index is 478. The number of rotatable bonds is 3. The van der Waals surface area contributed by atoms with E-state index in [2.05, 4.69) is 15.5 Å². The lowest BCUT2D eigenvalue weighted by atomic mass is 10.2. The van der Waals surface area contributed by atoms with Crippen molar-refractivity contribution in [1.29, 1.82) is 0 Å². The number of nitrogens with zero attached hydrogens (tertiary/aromatic N) is 3. The first-order chi connectivity index (χ1) is 8.58. The van der Waals surface area contributed by atoms with Gasteiger partial charge in [-0.25, -0.2) is 0 Å². The Balaban J connectivity index is 2.14. The maximum absolute atomic E-state index is 11.0. The Kier molecular flexibility index (Phi) is 3.71. The van der Waals surface area contributed by atoms with E-state index in [9.17, 15) is 4.79 Å². The van der Waals surface area contributed by atoms with Crippen LogP contribution in [0.2, 0.25) is 0 Å². The van der Waals surface area contributed by atoms with Crippen LogP contribution in [-0.4, -0.2) is 40.2 Å². The van der Waals surface area contributed by atoms with Gasteiger partial charge in [0.15, 0.2) is 5.82 Å². The molecule has 1 saturated heterocycles. The summed E-state index contributed by atoms with van der Waals surface area (Å²) in [6.45, 7) is 3.03. The second-order valence-corrected chi connectivity index (χ2v) is 4.70. The number of carbonyl (C=O) groups is 1. The number of nitrogens with one attached hydrogen (secondary N) is 1. The van der Waals surface area contributed by atoms with Crippen LogP contribution in [0.25, 0.3) is 0 Å². The second-order valence-electron chi connectivity index (χ2n) is 4.26. The van der Waals surface area contributed by atoms with Crippen LogP contribution in [0.5, 0.6) is 0 Å². The van der Waals surface area contributed by atoms with E-state index >= 15 is 0 Å². The molecule has 0 aliphatic carbocycles. The molecular formula is C11H15N5OS. The van der Waals surface area contributed by atoms with Crippen LogP contribution in [0.15, 0.2) is 12.3 Å². The van der Waals surface area contributed by atoms with Gasteiger partial charge in [-0.3, -0.25) is 4.79 Å². The standard InChI is InChI=1S/C11H15N5OS/c1-7(17)14-8-3-5-16(6-8)11-9(10(12)18)2-4-13-15-11/h2,4,8H,3,5-6H2,1H3,(H2,12,18)(H,14,17). The number of hydrogen-bond donors (Lipinski definition) is 2. The van der Waals surface area contributed by atoms with Crippen molar-refractivity contribution in [3.63, 3.8) is 0 Å². The average Bonchev–Trinajstić information content (AvgIpc) is 2.76. The number of anilines is 1. The van der Waals surface area contributed by atoms with Gasteiger partial charge in [0.2, 0.25) is 5.91 Å². The van der Waals surface area contributed by atoms with Gasteiger partial charge in [-0.05, 0) is 12.5 Å². The zero-order valence-corrected chi connectivity index (χ0v) is 10.9. The first-order valence-electron chi connectivity index (χ1n) is 5.71. The van der Waals surface area contributed by atoms with Crippen molar-refractivity contribution >= 4 is 28.9 Å². The highest BCUT2D eigenvalue weighted by Crippen LogP contribution is 2.21. The zero-order valence-electron chi connectivity index (χ0n) is 10.1. The third-order valence-corrected chi connectivity index (χ3v) is 3.08. The van der Waals surface area contributed by atoms with Crippen molar-refractivity contribution in [2.45, 2.75) is 19.4 Å². The first-order valence-corrected chi connectivity index (χ1v) is 6.12. The molecule has 96 valence electrons. The van der Waals surface area contributed by atoms with Gasteiger partial charge in [0.1, 0.15) is 4.99 Å². The highest BCUT2D eigenvalue weighted by atomic mass is 32.1. The number of thiocarbonyl (C=S) groups is 1. The molecule has 0 saturated carbocycles. The molecule has 1 aliphatic heterocycles. The quantitative estimate of drug-likeness (QED) is 0.738. The monoisotopic (exact) mass is 265 g/mol. The minimum absolute atomic E-state index is 0.0180. The Morgan fingerprint density at radius 3 is 3.11 bits per heavy atom. The molecule has 6 nitrogen and oxygen atoms in total. The van der Waals surface area contributed by atoms with Crippen LogP contribution in [0.3, 0.4) is 0 Å². The van der Waals surface area contributed by atoms with Crippen molar-refractivity contribution in [2.75, 3.05) is 18.0 Å². The van der Waals surface area contributed by atoms with Gasteiger partial charge in [-0.2, -0.15) is 5.10 Å². The Morgan fingerprint density at radius 2 is 2.44 bits per heavy atom. The molecule has 1 unspecified atom stereocenters. The van der Waals surface area contributed by atoms with Gasteiger partial charge in [-0.1, -0.05) is 12.2 Å². The number of aromatic nitrogens is 2. The van der Waals surface area contributed by atoms with Crippen LogP contribution in [0.1, 0.15) is 18.9 Å². The number of amides is 1. The molecule has 0 radical (unpaired) electrons. The van der Waals surface area contributed by atoms with Gasteiger partial charge < -0.3 is 16.0 Å². The first kappa shape index (κ1) is 12.7. The largest absolute Gasteiger partial charge is 0.389 e. The summed E-state index contributed by atoms with van der Waals surface area (Å²) in [5.41, 5.74) is 6.39. The number of carbonyl (C=O) groups excluding carboxylic acids is 1. The molecule has 2 heterocycles. The predicted octanol–water partition coefficient (Wildman–Crippen LogP) is -0.174. The molecule has 1 atom stereocenters. The fourth-order valence-corrected chi connectivity index (χ4v) is 2.27. The maximum atomic E-state index is 11.0. The van der Waals surface area contributed by atoms with Crippen LogP contribution < -0.4 is 16.0 Å². The molecule has 1 aliphatic rings. The number of hydrogen-bond acceptors (Lipinski definition) is 5. The third-order valence-electron chi connectivity index (χ3n) is 2.86. The molecule has 3 N–H and O–H groups in total. The lowest BCUT2D eigenvalue weighted by molar-refractivity contribution is -0.119.